The molecule has 1 unspecified atom stereocenters. The van der Waals surface area contributed by atoms with Crippen LogP contribution in [0.3, 0.4) is 0 Å². The highest BCUT2D eigenvalue weighted by molar-refractivity contribution is 7.13. The van der Waals surface area contributed by atoms with Crippen molar-refractivity contribution >= 4 is 40.1 Å². The molecule has 0 radical (unpaired) electrons. The van der Waals surface area contributed by atoms with E-state index in [0.717, 1.165) is 10.4 Å². The Labute approximate surface area is 217 Å². The van der Waals surface area contributed by atoms with Gasteiger partial charge >= 0.3 is 11.9 Å². The summed E-state index contributed by atoms with van der Waals surface area (Å²) in [6.45, 7) is 2.14. The molecule has 2 aromatic heterocycles. The van der Waals surface area contributed by atoms with Gasteiger partial charge in [0.2, 0.25) is 0 Å². The highest BCUT2D eigenvalue weighted by atomic mass is 32.1. The van der Waals surface area contributed by atoms with E-state index in [-0.39, 0.29) is 30.0 Å². The van der Waals surface area contributed by atoms with Crippen LogP contribution in [0.5, 0.6) is 5.75 Å². The van der Waals surface area contributed by atoms with Gasteiger partial charge in [0.05, 0.1) is 24.8 Å². The molecular formula is C28H26N2O6S. The molecule has 0 spiro atoms. The van der Waals surface area contributed by atoms with Gasteiger partial charge in [-0.1, -0.05) is 31.2 Å². The van der Waals surface area contributed by atoms with Gasteiger partial charge in [0, 0.05) is 16.7 Å². The minimum absolute atomic E-state index is 0.0283. The topological polar surface area (TPSA) is 115 Å². The highest BCUT2D eigenvalue weighted by Gasteiger charge is 2.25. The second-order valence-corrected chi connectivity index (χ2v) is 9.27. The number of ether oxygens (including phenoxy) is 2. The molecule has 0 aliphatic heterocycles. The van der Waals surface area contributed by atoms with Gasteiger partial charge in [-0.3, -0.25) is 4.79 Å². The number of nitrogens with one attached hydrogen (secondary N) is 1. The Bertz CT molecular complexity index is 1420. The number of rotatable bonds is 9. The lowest BCUT2D eigenvalue weighted by Gasteiger charge is -2.17. The molecule has 37 heavy (non-hydrogen) atoms. The Morgan fingerprint density at radius 1 is 1.08 bits per heavy atom. The summed E-state index contributed by atoms with van der Waals surface area (Å²) in [4.78, 5) is 44.1. The summed E-state index contributed by atoms with van der Waals surface area (Å²) in [6.07, 6.45) is 0.794. The van der Waals surface area contributed by atoms with E-state index in [1.807, 2.05) is 36.6 Å². The van der Waals surface area contributed by atoms with Gasteiger partial charge in [-0.15, -0.1) is 11.3 Å². The fourth-order valence-electron chi connectivity index (χ4n) is 3.82. The summed E-state index contributed by atoms with van der Waals surface area (Å²) in [6, 6.07) is 16.1. The molecule has 0 fully saturated rings. The van der Waals surface area contributed by atoms with E-state index in [4.69, 9.17) is 9.47 Å². The maximum Gasteiger partial charge on any atom is 0.338 e. The standard InChI is InChI=1S/C28H26N2O6S/c1-3-12-36-27(33)21-16-23(29-22-11-8-18(15-20(21)22)25-5-4-13-37-25)26(32)30-24(28(34)35-2)14-17-6-9-19(31)10-7-17/h4-11,13,15-16,24,31H,3,12,14H2,1-2H3,(H,30,32). The van der Waals surface area contributed by atoms with Gasteiger partial charge in [0.15, 0.2) is 0 Å². The lowest BCUT2D eigenvalue weighted by molar-refractivity contribution is -0.142. The summed E-state index contributed by atoms with van der Waals surface area (Å²) in [5, 5.41) is 14.7. The monoisotopic (exact) mass is 518 g/mol. The maximum absolute atomic E-state index is 13.2. The highest BCUT2D eigenvalue weighted by Crippen LogP contribution is 2.29. The maximum atomic E-state index is 13.2. The third kappa shape index (κ3) is 6.13. The molecule has 2 aromatic carbocycles. The number of fused-ring (bicyclic) bond motifs is 1. The largest absolute Gasteiger partial charge is 0.508 e. The number of phenols is 1. The third-order valence-electron chi connectivity index (χ3n) is 5.67. The molecule has 2 N–H and O–H groups in total. The molecule has 0 saturated carbocycles. The fraction of sp³-hybridized carbons (Fsp3) is 0.214. The van der Waals surface area contributed by atoms with Crippen molar-refractivity contribution in [3.63, 3.8) is 0 Å². The second kappa shape index (κ2) is 11.7. The smallest absolute Gasteiger partial charge is 0.338 e. The average molecular weight is 519 g/mol. The van der Waals surface area contributed by atoms with E-state index in [9.17, 15) is 19.5 Å². The number of methoxy groups -OCH3 is 1. The first-order valence-corrected chi connectivity index (χ1v) is 12.6. The van der Waals surface area contributed by atoms with Crippen molar-refractivity contribution in [1.29, 1.82) is 0 Å². The first-order valence-electron chi connectivity index (χ1n) is 11.7. The van der Waals surface area contributed by atoms with E-state index in [1.54, 1.807) is 29.5 Å². The summed E-state index contributed by atoms with van der Waals surface area (Å²) in [7, 11) is 1.24. The number of phenolic OH excluding ortho intramolecular Hbond substituents is 1. The van der Waals surface area contributed by atoms with Crippen LogP contribution in [0.1, 0.15) is 39.8 Å². The lowest BCUT2D eigenvalue weighted by Crippen LogP contribution is -2.43. The van der Waals surface area contributed by atoms with E-state index in [0.29, 0.717) is 22.9 Å². The number of nitrogens with zero attached hydrogens (tertiary/aromatic N) is 1. The van der Waals surface area contributed by atoms with Gasteiger partial charge < -0.3 is 19.9 Å². The number of aromatic hydroxyl groups is 1. The molecule has 9 heteroatoms. The van der Waals surface area contributed by atoms with E-state index in [1.165, 1.54) is 25.3 Å². The van der Waals surface area contributed by atoms with Crippen molar-refractivity contribution < 1.29 is 29.0 Å². The molecular weight excluding hydrogens is 492 g/mol. The van der Waals surface area contributed by atoms with Crippen LogP contribution in [0.15, 0.2) is 66.0 Å². The van der Waals surface area contributed by atoms with Crippen LogP contribution < -0.4 is 5.32 Å². The average Bonchev–Trinajstić information content (AvgIpc) is 3.46. The Morgan fingerprint density at radius 3 is 2.54 bits per heavy atom. The Kier molecular flexibility index (Phi) is 8.15. The van der Waals surface area contributed by atoms with Crippen LogP contribution in [0.25, 0.3) is 21.3 Å². The van der Waals surface area contributed by atoms with Crippen LogP contribution in [0.4, 0.5) is 0 Å². The van der Waals surface area contributed by atoms with Crippen molar-refractivity contribution in [2.45, 2.75) is 25.8 Å². The van der Waals surface area contributed by atoms with Crippen molar-refractivity contribution in [3.05, 3.63) is 82.9 Å². The van der Waals surface area contributed by atoms with Crippen LogP contribution >= 0.6 is 11.3 Å². The summed E-state index contributed by atoms with van der Waals surface area (Å²) < 4.78 is 10.3. The zero-order valence-electron chi connectivity index (χ0n) is 20.4. The summed E-state index contributed by atoms with van der Waals surface area (Å²) in [5.41, 5.74) is 2.27. The quantitative estimate of drug-likeness (QED) is 0.307. The van der Waals surface area contributed by atoms with Crippen molar-refractivity contribution in [3.8, 4) is 16.2 Å². The SMILES string of the molecule is CCCOC(=O)c1cc(C(=O)NC(Cc2ccc(O)cc2)C(=O)OC)nc2ccc(-c3cccs3)cc12. The van der Waals surface area contributed by atoms with Crippen LogP contribution in [-0.2, 0) is 20.7 Å². The molecule has 1 atom stereocenters. The molecule has 4 aromatic rings. The molecule has 2 heterocycles. The van der Waals surface area contributed by atoms with Gasteiger partial charge in [0.25, 0.3) is 5.91 Å². The molecule has 8 nitrogen and oxygen atoms in total. The molecule has 0 bridgehead atoms. The Hall–Kier alpha value is -4.24. The van der Waals surface area contributed by atoms with Crippen LogP contribution in [-0.4, -0.2) is 47.7 Å². The van der Waals surface area contributed by atoms with Gasteiger partial charge in [-0.25, -0.2) is 14.6 Å². The van der Waals surface area contributed by atoms with Crippen LogP contribution in [0, 0.1) is 0 Å². The molecule has 0 aliphatic carbocycles. The summed E-state index contributed by atoms with van der Waals surface area (Å²) in [5.74, 6) is -1.74. The number of hydrogen-bond acceptors (Lipinski definition) is 8. The first-order chi connectivity index (χ1) is 17.9. The number of hydrogen-bond donors (Lipinski definition) is 2. The predicted octanol–water partition coefficient (Wildman–Crippen LogP) is 4.75. The number of carbonyl (C=O) groups excluding carboxylic acids is 3. The Morgan fingerprint density at radius 2 is 1.86 bits per heavy atom. The Balaban J connectivity index is 1.69. The first kappa shape index (κ1) is 25.8. The number of carbonyl (C=O) groups is 3. The van der Waals surface area contributed by atoms with E-state index < -0.39 is 23.9 Å². The molecule has 190 valence electrons. The van der Waals surface area contributed by atoms with Gasteiger partial charge in [-0.2, -0.15) is 0 Å². The summed E-state index contributed by atoms with van der Waals surface area (Å²) >= 11 is 1.58. The number of pyridine rings is 1. The fourth-order valence-corrected chi connectivity index (χ4v) is 4.54. The normalized spacial score (nSPS) is 11.6. The minimum Gasteiger partial charge on any atom is -0.508 e. The number of aromatic nitrogens is 1. The number of esters is 2. The minimum atomic E-state index is -1.00. The third-order valence-corrected chi connectivity index (χ3v) is 6.59. The van der Waals surface area contributed by atoms with Crippen molar-refractivity contribution in [2.24, 2.45) is 0 Å². The van der Waals surface area contributed by atoms with Gasteiger partial charge in [0.1, 0.15) is 17.5 Å². The molecule has 4 rings (SSSR count). The molecule has 1 amide bonds. The second-order valence-electron chi connectivity index (χ2n) is 8.32. The zero-order chi connectivity index (χ0) is 26.4. The number of benzene rings is 2. The van der Waals surface area contributed by atoms with Crippen molar-refractivity contribution in [1.82, 2.24) is 10.3 Å². The molecule has 0 saturated heterocycles. The van der Waals surface area contributed by atoms with Crippen molar-refractivity contribution in [2.75, 3.05) is 13.7 Å². The number of amides is 1. The van der Waals surface area contributed by atoms with Gasteiger partial charge in [-0.05, 0) is 59.3 Å². The van der Waals surface area contributed by atoms with E-state index >= 15 is 0 Å². The van der Waals surface area contributed by atoms with E-state index in [2.05, 4.69) is 10.3 Å². The zero-order valence-corrected chi connectivity index (χ0v) is 21.2. The lowest BCUT2D eigenvalue weighted by atomic mass is 10.0. The number of thiophene rings is 1. The predicted molar refractivity (Wildman–Crippen MR) is 141 cm³/mol. The molecule has 0 aliphatic rings. The van der Waals surface area contributed by atoms with Crippen LogP contribution in [0.2, 0.25) is 0 Å².